The summed E-state index contributed by atoms with van der Waals surface area (Å²) in [5.74, 6) is 0. The van der Waals surface area contributed by atoms with Crippen LogP contribution in [0.5, 0.6) is 0 Å². The third-order valence-electron chi connectivity index (χ3n) is 3.64. The fourth-order valence-corrected chi connectivity index (χ4v) is 2.40. The van der Waals surface area contributed by atoms with Crippen LogP contribution >= 0.6 is 11.6 Å². The zero-order valence-corrected chi connectivity index (χ0v) is 15.4. The van der Waals surface area contributed by atoms with Crippen molar-refractivity contribution in [1.82, 2.24) is 0 Å². The molecule has 2 aromatic carbocycles. The van der Waals surface area contributed by atoms with Crippen LogP contribution in [-0.2, 0) is 15.2 Å². The number of anilines is 1. The number of halogens is 1. The van der Waals surface area contributed by atoms with Crippen LogP contribution < -0.4 is 5.32 Å². The molecule has 0 radical (unpaired) electrons. The van der Waals surface area contributed by atoms with Crippen molar-refractivity contribution in [1.29, 1.82) is 0 Å². The molecule has 0 unspecified atom stereocenters. The van der Waals surface area contributed by atoms with E-state index in [2.05, 4.69) is 10.5 Å². The molecule has 0 spiro atoms. The second kappa shape index (κ2) is 8.03. The molecule has 0 aromatic heterocycles. The fourth-order valence-electron chi connectivity index (χ4n) is 2.28. The maximum Gasteiger partial charge on any atom is 0.412 e. The number of ether oxygens (including phenoxy) is 1. The quantitative estimate of drug-likeness (QED) is 0.589. The van der Waals surface area contributed by atoms with E-state index in [1.165, 1.54) is 7.11 Å². The zero-order valence-electron chi connectivity index (χ0n) is 14.7. The van der Waals surface area contributed by atoms with Gasteiger partial charge in [-0.15, -0.1) is 0 Å². The van der Waals surface area contributed by atoms with Gasteiger partial charge in [0, 0.05) is 10.7 Å². The van der Waals surface area contributed by atoms with Gasteiger partial charge in [0.15, 0.2) is 0 Å². The highest BCUT2D eigenvalue weighted by Crippen LogP contribution is 2.26. The lowest BCUT2D eigenvalue weighted by Crippen LogP contribution is -2.28. The number of oxime groups is 1. The van der Waals surface area contributed by atoms with Gasteiger partial charge in [-0.3, -0.25) is 5.32 Å². The largest absolute Gasteiger partial charge is 0.438 e. The van der Waals surface area contributed by atoms with Crippen molar-refractivity contribution in [2.24, 2.45) is 5.16 Å². The highest BCUT2D eigenvalue weighted by Gasteiger charge is 2.26. The van der Waals surface area contributed by atoms with Gasteiger partial charge in [-0.1, -0.05) is 35.0 Å². The van der Waals surface area contributed by atoms with Crippen molar-refractivity contribution in [3.8, 4) is 0 Å². The average molecular weight is 361 g/mol. The molecule has 132 valence electrons. The first-order chi connectivity index (χ1) is 11.8. The highest BCUT2D eigenvalue weighted by atomic mass is 35.5. The third-order valence-corrected chi connectivity index (χ3v) is 3.89. The highest BCUT2D eigenvalue weighted by molar-refractivity contribution is 6.30. The van der Waals surface area contributed by atoms with Crippen molar-refractivity contribution in [3.63, 3.8) is 0 Å². The van der Waals surface area contributed by atoms with Crippen molar-refractivity contribution < 1.29 is 14.4 Å². The summed E-state index contributed by atoms with van der Waals surface area (Å²) in [5, 5.41) is 7.22. The van der Waals surface area contributed by atoms with Crippen molar-refractivity contribution in [2.45, 2.75) is 26.4 Å². The minimum absolute atomic E-state index is 0.542. The van der Waals surface area contributed by atoms with Crippen LogP contribution in [-0.4, -0.2) is 18.9 Å². The van der Waals surface area contributed by atoms with Gasteiger partial charge in [0.05, 0.1) is 5.71 Å². The Morgan fingerprint density at radius 3 is 2.48 bits per heavy atom. The van der Waals surface area contributed by atoms with Gasteiger partial charge in [-0.05, 0) is 62.2 Å². The summed E-state index contributed by atoms with van der Waals surface area (Å²) in [4.78, 5) is 17.0. The Morgan fingerprint density at radius 2 is 1.84 bits per heavy atom. The second-order valence-corrected chi connectivity index (χ2v) is 6.41. The van der Waals surface area contributed by atoms with Crippen LogP contribution in [0.1, 0.15) is 31.9 Å². The minimum Gasteiger partial charge on any atom is -0.438 e. The van der Waals surface area contributed by atoms with Gasteiger partial charge in [0.2, 0.25) is 0 Å². The Balaban J connectivity index is 2.12. The number of carbonyl (C=O) groups excluding carboxylic acids is 1. The van der Waals surface area contributed by atoms with Gasteiger partial charge in [0.1, 0.15) is 12.7 Å². The normalized spacial score (nSPS) is 11.8. The van der Waals surface area contributed by atoms with Crippen molar-refractivity contribution in [2.75, 3.05) is 12.4 Å². The molecule has 6 heteroatoms. The van der Waals surface area contributed by atoms with E-state index in [1.807, 2.05) is 45.0 Å². The Kier molecular flexibility index (Phi) is 6.04. The van der Waals surface area contributed by atoms with E-state index in [0.717, 1.165) is 16.8 Å². The van der Waals surface area contributed by atoms with E-state index in [1.54, 1.807) is 24.3 Å². The fraction of sp³-hybridized carbons (Fsp3) is 0.263. The van der Waals surface area contributed by atoms with E-state index in [9.17, 15) is 4.79 Å². The number of rotatable bonds is 5. The molecule has 1 N–H and O–H groups in total. The monoisotopic (exact) mass is 360 g/mol. The van der Waals surface area contributed by atoms with Gasteiger partial charge in [-0.2, -0.15) is 0 Å². The number of benzene rings is 2. The summed E-state index contributed by atoms with van der Waals surface area (Å²) in [7, 11) is 1.50. The van der Waals surface area contributed by atoms with E-state index in [0.29, 0.717) is 10.7 Å². The van der Waals surface area contributed by atoms with Crippen LogP contribution in [0.15, 0.2) is 53.7 Å². The number of nitrogens with one attached hydrogen (secondary N) is 1. The SMILES string of the molecule is CO/N=C(\C)c1cccc(C(C)(C)OC(=O)Nc2ccc(Cl)cc2)c1. The third kappa shape index (κ3) is 5.22. The minimum atomic E-state index is -0.820. The van der Waals surface area contributed by atoms with Crippen LogP contribution in [0.2, 0.25) is 5.02 Å². The molecule has 0 fully saturated rings. The number of hydrogen-bond donors (Lipinski definition) is 1. The van der Waals surface area contributed by atoms with Crippen LogP contribution in [0, 0.1) is 0 Å². The zero-order chi connectivity index (χ0) is 18.4. The predicted octanol–water partition coefficient (Wildman–Crippen LogP) is 5.19. The first kappa shape index (κ1) is 18.8. The van der Waals surface area contributed by atoms with Crippen LogP contribution in [0.25, 0.3) is 0 Å². The molecule has 0 heterocycles. The standard InChI is InChI=1S/C19H21ClN2O3/c1-13(22-24-4)14-6-5-7-15(12-14)19(2,3)25-18(23)21-17-10-8-16(20)9-11-17/h5-12H,1-4H3,(H,21,23)/b22-13+. The Hall–Kier alpha value is -2.53. The molecule has 0 atom stereocenters. The predicted molar refractivity (Wildman–Crippen MR) is 100 cm³/mol. The van der Waals surface area contributed by atoms with Crippen molar-refractivity contribution >= 4 is 29.1 Å². The molecule has 0 bridgehead atoms. The van der Waals surface area contributed by atoms with Gasteiger partial charge >= 0.3 is 6.09 Å². The second-order valence-electron chi connectivity index (χ2n) is 5.97. The topological polar surface area (TPSA) is 59.9 Å². The number of carbonyl (C=O) groups is 1. The Morgan fingerprint density at radius 1 is 1.16 bits per heavy atom. The lowest BCUT2D eigenvalue weighted by molar-refractivity contribution is 0.0466. The van der Waals surface area contributed by atoms with E-state index < -0.39 is 11.7 Å². The molecule has 25 heavy (non-hydrogen) atoms. The summed E-state index contributed by atoms with van der Waals surface area (Å²) >= 11 is 5.83. The van der Waals surface area contributed by atoms with E-state index >= 15 is 0 Å². The van der Waals surface area contributed by atoms with Crippen molar-refractivity contribution in [3.05, 3.63) is 64.7 Å². The first-order valence-electron chi connectivity index (χ1n) is 7.76. The molecule has 5 nitrogen and oxygen atoms in total. The van der Waals surface area contributed by atoms with Crippen LogP contribution in [0.3, 0.4) is 0 Å². The Bertz CT molecular complexity index is 770. The summed E-state index contributed by atoms with van der Waals surface area (Å²) < 4.78 is 5.60. The number of nitrogens with zero attached hydrogens (tertiary/aromatic N) is 1. The number of hydrogen-bond acceptors (Lipinski definition) is 4. The maximum atomic E-state index is 12.2. The van der Waals surface area contributed by atoms with Gasteiger partial charge in [0.25, 0.3) is 0 Å². The summed E-state index contributed by atoms with van der Waals surface area (Å²) in [6.07, 6.45) is -0.542. The smallest absolute Gasteiger partial charge is 0.412 e. The average Bonchev–Trinajstić information content (AvgIpc) is 2.57. The molecule has 2 rings (SSSR count). The Labute approximate surface area is 152 Å². The van der Waals surface area contributed by atoms with Gasteiger partial charge < -0.3 is 9.57 Å². The molecule has 0 aliphatic carbocycles. The molecule has 0 aliphatic rings. The molecule has 1 amide bonds. The summed E-state index contributed by atoms with van der Waals surface area (Å²) in [5.41, 5.74) is 2.28. The molecule has 0 saturated heterocycles. The lowest BCUT2D eigenvalue weighted by atomic mass is 9.95. The van der Waals surface area contributed by atoms with E-state index in [-0.39, 0.29) is 0 Å². The molecular weight excluding hydrogens is 340 g/mol. The molecular formula is C19H21ClN2O3. The van der Waals surface area contributed by atoms with Gasteiger partial charge in [-0.25, -0.2) is 4.79 Å². The lowest BCUT2D eigenvalue weighted by Gasteiger charge is -2.26. The maximum absolute atomic E-state index is 12.2. The molecule has 2 aromatic rings. The molecule has 0 saturated carbocycles. The summed E-state index contributed by atoms with van der Waals surface area (Å²) in [6, 6.07) is 14.5. The first-order valence-corrected chi connectivity index (χ1v) is 8.14. The summed E-state index contributed by atoms with van der Waals surface area (Å²) in [6.45, 7) is 5.51. The molecule has 0 aliphatic heterocycles. The number of amides is 1. The van der Waals surface area contributed by atoms with E-state index in [4.69, 9.17) is 21.2 Å². The van der Waals surface area contributed by atoms with Crippen LogP contribution in [0.4, 0.5) is 10.5 Å².